The van der Waals surface area contributed by atoms with E-state index in [-0.39, 0.29) is 17.9 Å². The van der Waals surface area contributed by atoms with Gasteiger partial charge in [-0.05, 0) is 36.6 Å². The van der Waals surface area contributed by atoms with E-state index in [2.05, 4.69) is 22.2 Å². The zero-order valence-corrected chi connectivity index (χ0v) is 14.1. The van der Waals surface area contributed by atoms with E-state index >= 15 is 0 Å². The van der Waals surface area contributed by atoms with Crippen LogP contribution < -0.4 is 10.6 Å². The Hall–Kier alpha value is -2.47. The monoisotopic (exact) mass is 341 g/mol. The van der Waals surface area contributed by atoms with Gasteiger partial charge < -0.3 is 10.6 Å². The summed E-state index contributed by atoms with van der Waals surface area (Å²) in [7, 11) is 0. The summed E-state index contributed by atoms with van der Waals surface area (Å²) in [5.74, 6) is -0.226. The highest BCUT2D eigenvalue weighted by Crippen LogP contribution is 2.23. The van der Waals surface area contributed by atoms with E-state index in [1.807, 2.05) is 17.6 Å². The lowest BCUT2D eigenvalue weighted by molar-refractivity contribution is -0.121. The average molecular weight is 341 g/mol. The molecule has 0 spiro atoms. The highest BCUT2D eigenvalue weighted by atomic mass is 32.1. The molecule has 1 aliphatic rings. The molecule has 1 aliphatic carbocycles. The van der Waals surface area contributed by atoms with E-state index in [4.69, 9.17) is 0 Å². The second kappa shape index (κ2) is 7.40. The van der Waals surface area contributed by atoms with Gasteiger partial charge in [-0.2, -0.15) is 0 Å². The van der Waals surface area contributed by atoms with E-state index in [9.17, 15) is 9.59 Å². The third kappa shape index (κ3) is 4.08. The summed E-state index contributed by atoms with van der Waals surface area (Å²) < 4.78 is 0. The number of hydrogen-bond donors (Lipinski definition) is 2. The lowest BCUT2D eigenvalue weighted by atomic mass is 9.97. The normalized spacial score (nSPS) is 16.1. The van der Waals surface area contributed by atoms with Gasteiger partial charge in [-0.1, -0.05) is 18.7 Å². The largest absolute Gasteiger partial charge is 0.353 e. The molecule has 0 aliphatic heterocycles. The molecule has 1 atom stereocenters. The van der Waals surface area contributed by atoms with Gasteiger partial charge in [-0.15, -0.1) is 11.3 Å². The number of aromatic nitrogens is 1. The Morgan fingerprint density at radius 1 is 1.33 bits per heavy atom. The first-order valence-electron chi connectivity index (χ1n) is 7.87. The molecule has 0 saturated heterocycles. The van der Waals surface area contributed by atoms with Gasteiger partial charge in [0.25, 0.3) is 0 Å². The van der Waals surface area contributed by atoms with Crippen LogP contribution in [-0.4, -0.2) is 22.8 Å². The van der Waals surface area contributed by atoms with Crippen molar-refractivity contribution in [2.45, 2.75) is 31.7 Å². The molecule has 0 fully saturated rings. The predicted molar refractivity (Wildman–Crippen MR) is 95.0 cm³/mol. The summed E-state index contributed by atoms with van der Waals surface area (Å²) in [5.41, 5.74) is 4.66. The van der Waals surface area contributed by atoms with Gasteiger partial charge in [-0.25, -0.2) is 4.98 Å². The van der Waals surface area contributed by atoms with Crippen LogP contribution in [0.4, 0.5) is 5.69 Å². The maximum Gasteiger partial charge on any atom is 0.247 e. The lowest BCUT2D eigenvalue weighted by Gasteiger charge is -2.22. The Kier molecular flexibility index (Phi) is 5.05. The molecule has 3 rings (SSSR count). The molecule has 5 nitrogen and oxygen atoms in total. The van der Waals surface area contributed by atoms with Crippen LogP contribution in [0.1, 0.15) is 22.6 Å². The van der Waals surface area contributed by atoms with Crippen LogP contribution in [0, 0.1) is 0 Å². The van der Waals surface area contributed by atoms with Crippen LogP contribution in [0.3, 0.4) is 0 Å². The first-order chi connectivity index (χ1) is 11.6. The second-order valence-corrected chi connectivity index (χ2v) is 6.74. The minimum atomic E-state index is -0.250. The highest BCUT2D eigenvalue weighted by molar-refractivity contribution is 7.09. The Balaban J connectivity index is 1.52. The molecule has 1 heterocycles. The van der Waals surface area contributed by atoms with Crippen LogP contribution >= 0.6 is 11.3 Å². The predicted octanol–water partition coefficient (Wildman–Crippen LogP) is 2.48. The Bertz CT molecular complexity index is 752. The van der Waals surface area contributed by atoms with Gasteiger partial charge in [0.1, 0.15) is 0 Å². The average Bonchev–Trinajstić information content (AvgIpc) is 3.04. The van der Waals surface area contributed by atoms with Crippen LogP contribution in [0.25, 0.3) is 0 Å². The summed E-state index contributed by atoms with van der Waals surface area (Å²) >= 11 is 1.66. The van der Waals surface area contributed by atoms with Crippen molar-refractivity contribution in [1.29, 1.82) is 0 Å². The number of nitrogens with zero attached hydrogens (tertiary/aromatic N) is 1. The molecule has 124 valence electrons. The van der Waals surface area contributed by atoms with E-state index < -0.39 is 0 Å². The molecule has 1 aromatic carbocycles. The minimum absolute atomic E-state index is 0.0239. The summed E-state index contributed by atoms with van der Waals surface area (Å²) in [6, 6.07) is 7.46. The van der Waals surface area contributed by atoms with Gasteiger partial charge in [0.15, 0.2) is 0 Å². The number of nitrogens with one attached hydrogen (secondary N) is 2. The van der Waals surface area contributed by atoms with Crippen LogP contribution in [-0.2, 0) is 28.9 Å². The molecule has 2 aromatic rings. The van der Waals surface area contributed by atoms with E-state index in [0.717, 1.165) is 24.8 Å². The van der Waals surface area contributed by atoms with Crippen molar-refractivity contribution < 1.29 is 9.59 Å². The molecule has 1 unspecified atom stereocenters. The van der Waals surface area contributed by atoms with E-state index in [1.54, 1.807) is 23.5 Å². The van der Waals surface area contributed by atoms with Crippen molar-refractivity contribution in [2.24, 2.45) is 0 Å². The number of benzene rings is 1. The number of rotatable bonds is 5. The molecule has 1 aromatic heterocycles. The summed E-state index contributed by atoms with van der Waals surface area (Å²) in [5, 5.41) is 5.79. The number of anilines is 1. The first kappa shape index (κ1) is 16.4. The molecule has 0 radical (unpaired) electrons. The summed E-state index contributed by atoms with van der Waals surface area (Å²) in [4.78, 5) is 29.1. The second-order valence-electron chi connectivity index (χ2n) is 5.80. The van der Waals surface area contributed by atoms with Crippen molar-refractivity contribution in [2.75, 3.05) is 5.32 Å². The summed E-state index contributed by atoms with van der Waals surface area (Å²) in [6.07, 6.45) is 4.30. The minimum Gasteiger partial charge on any atom is -0.353 e. The van der Waals surface area contributed by atoms with Crippen molar-refractivity contribution >= 4 is 28.8 Å². The molecular weight excluding hydrogens is 322 g/mol. The van der Waals surface area contributed by atoms with Gasteiger partial charge in [0.2, 0.25) is 11.8 Å². The Morgan fingerprint density at radius 2 is 2.12 bits per heavy atom. The molecule has 24 heavy (non-hydrogen) atoms. The number of fused-ring (bicyclic) bond motifs is 1. The maximum atomic E-state index is 12.2. The van der Waals surface area contributed by atoms with E-state index in [1.165, 1.54) is 16.6 Å². The molecular formula is C18H19N3O2S. The van der Waals surface area contributed by atoms with Crippen LogP contribution in [0.15, 0.2) is 42.4 Å². The third-order valence-electron chi connectivity index (χ3n) is 4.02. The summed E-state index contributed by atoms with van der Waals surface area (Å²) in [6.45, 7) is 3.41. The van der Waals surface area contributed by atoms with Gasteiger partial charge in [0, 0.05) is 23.0 Å². The number of aryl methyl sites for hydroxylation is 1. The zero-order valence-electron chi connectivity index (χ0n) is 13.2. The SMILES string of the molecule is C=CC(=O)Nc1ccc(CC(=O)NC2CCc3ncsc3C2)cc1. The number of hydrogen-bond acceptors (Lipinski definition) is 4. The van der Waals surface area contributed by atoms with Crippen LogP contribution in [0.2, 0.25) is 0 Å². The van der Waals surface area contributed by atoms with Gasteiger partial charge >= 0.3 is 0 Å². The van der Waals surface area contributed by atoms with Crippen molar-refractivity contribution in [3.8, 4) is 0 Å². The highest BCUT2D eigenvalue weighted by Gasteiger charge is 2.22. The van der Waals surface area contributed by atoms with Gasteiger partial charge in [-0.3, -0.25) is 9.59 Å². The Morgan fingerprint density at radius 3 is 2.88 bits per heavy atom. The Labute approximate surface area is 144 Å². The van der Waals surface area contributed by atoms with Crippen molar-refractivity contribution in [1.82, 2.24) is 10.3 Å². The third-order valence-corrected chi connectivity index (χ3v) is 4.92. The topological polar surface area (TPSA) is 71.1 Å². The quantitative estimate of drug-likeness (QED) is 0.821. The lowest BCUT2D eigenvalue weighted by Crippen LogP contribution is -2.39. The van der Waals surface area contributed by atoms with Crippen molar-refractivity contribution in [3.05, 3.63) is 58.6 Å². The first-order valence-corrected chi connectivity index (χ1v) is 8.75. The number of carbonyl (C=O) groups excluding carboxylic acids is 2. The molecule has 2 N–H and O–H groups in total. The van der Waals surface area contributed by atoms with E-state index in [0.29, 0.717) is 12.1 Å². The molecule has 2 amide bonds. The fourth-order valence-corrected chi connectivity index (χ4v) is 3.68. The standard InChI is InChI=1S/C18H19N3O2S/c1-2-17(22)20-13-5-3-12(4-6-13)9-18(23)21-14-7-8-15-16(10-14)24-11-19-15/h2-6,11,14H,1,7-10H2,(H,20,22)(H,21,23). The number of amides is 2. The van der Waals surface area contributed by atoms with Crippen molar-refractivity contribution in [3.63, 3.8) is 0 Å². The fourth-order valence-electron chi connectivity index (χ4n) is 2.79. The van der Waals surface area contributed by atoms with Crippen LogP contribution in [0.5, 0.6) is 0 Å². The fraction of sp³-hybridized carbons (Fsp3) is 0.278. The molecule has 6 heteroatoms. The van der Waals surface area contributed by atoms with Gasteiger partial charge in [0.05, 0.1) is 17.6 Å². The molecule has 0 saturated carbocycles. The zero-order chi connectivity index (χ0) is 16.9. The smallest absolute Gasteiger partial charge is 0.247 e. The number of carbonyl (C=O) groups is 2. The maximum absolute atomic E-state index is 12.2. The number of thiazole rings is 1. The molecule has 0 bridgehead atoms.